The molecule has 1 aliphatic rings. The number of rotatable bonds is 8. The van der Waals surface area contributed by atoms with E-state index in [1.54, 1.807) is 18.0 Å². The fourth-order valence-electron chi connectivity index (χ4n) is 3.90. The molecule has 0 aromatic carbocycles. The Balaban J connectivity index is 1.38. The van der Waals surface area contributed by atoms with Gasteiger partial charge in [-0.05, 0) is 64.2 Å². The van der Waals surface area contributed by atoms with E-state index in [1.807, 2.05) is 25.1 Å². The number of hydrogen-bond acceptors (Lipinski definition) is 6. The minimum atomic E-state index is 0.0832. The maximum absolute atomic E-state index is 12.8. The molecule has 156 valence electrons. The summed E-state index contributed by atoms with van der Waals surface area (Å²) in [6, 6.07) is 5.63. The molecule has 6 nitrogen and oxygen atoms in total. The second-order valence-electron chi connectivity index (χ2n) is 7.62. The molecule has 0 spiro atoms. The van der Waals surface area contributed by atoms with Gasteiger partial charge in [-0.25, -0.2) is 0 Å². The average Bonchev–Trinajstić information content (AvgIpc) is 3.36. The second kappa shape index (κ2) is 9.43. The Morgan fingerprint density at radius 1 is 1.20 bits per heavy atom. The van der Waals surface area contributed by atoms with Crippen LogP contribution in [0.15, 0.2) is 51.9 Å². The van der Waals surface area contributed by atoms with Crippen LogP contribution in [0.3, 0.4) is 0 Å². The van der Waals surface area contributed by atoms with Crippen molar-refractivity contribution in [3.8, 4) is 11.5 Å². The van der Waals surface area contributed by atoms with Crippen molar-refractivity contribution in [1.82, 2.24) is 19.7 Å². The van der Waals surface area contributed by atoms with Crippen molar-refractivity contribution in [1.29, 1.82) is 0 Å². The summed E-state index contributed by atoms with van der Waals surface area (Å²) >= 11 is 1.27. The highest BCUT2D eigenvalue weighted by Crippen LogP contribution is 2.26. The number of aromatic nitrogens is 4. The van der Waals surface area contributed by atoms with Crippen LogP contribution in [0.25, 0.3) is 11.5 Å². The highest BCUT2D eigenvalue weighted by Gasteiger charge is 2.18. The maximum Gasteiger partial charge on any atom is 0.277 e. The van der Waals surface area contributed by atoms with Crippen LogP contribution in [0, 0.1) is 13.8 Å². The second-order valence-corrected chi connectivity index (χ2v) is 8.54. The van der Waals surface area contributed by atoms with Gasteiger partial charge in [0, 0.05) is 41.5 Å². The van der Waals surface area contributed by atoms with Crippen LogP contribution >= 0.6 is 11.8 Å². The summed E-state index contributed by atoms with van der Waals surface area (Å²) in [7, 11) is 0. The zero-order valence-corrected chi connectivity index (χ0v) is 18.2. The Labute approximate surface area is 180 Å². The van der Waals surface area contributed by atoms with Gasteiger partial charge in [0.1, 0.15) is 0 Å². The van der Waals surface area contributed by atoms with E-state index in [4.69, 9.17) is 4.42 Å². The smallest absolute Gasteiger partial charge is 0.277 e. The molecular weight excluding hydrogens is 396 g/mol. The molecule has 0 N–H and O–H groups in total. The van der Waals surface area contributed by atoms with Crippen molar-refractivity contribution >= 4 is 17.5 Å². The molecule has 0 aliphatic heterocycles. The Kier molecular flexibility index (Phi) is 6.47. The van der Waals surface area contributed by atoms with Crippen molar-refractivity contribution in [2.75, 3.05) is 5.75 Å². The fraction of sp³-hybridized carbons (Fsp3) is 0.391. The normalized spacial score (nSPS) is 14.0. The molecule has 0 atom stereocenters. The number of hydrogen-bond donors (Lipinski definition) is 0. The third-order valence-electron chi connectivity index (χ3n) is 5.58. The largest absolute Gasteiger partial charge is 0.411 e. The molecule has 7 heteroatoms. The summed E-state index contributed by atoms with van der Waals surface area (Å²) in [5, 5.41) is 8.50. The summed E-state index contributed by atoms with van der Waals surface area (Å²) in [6.45, 7) is 5.04. The Bertz CT molecular complexity index is 1050. The van der Waals surface area contributed by atoms with Crippen LogP contribution in [0.5, 0.6) is 0 Å². The first kappa shape index (κ1) is 20.6. The van der Waals surface area contributed by atoms with E-state index in [9.17, 15) is 4.79 Å². The summed E-state index contributed by atoms with van der Waals surface area (Å²) in [6.07, 6.45) is 11.8. The lowest BCUT2D eigenvalue weighted by Gasteiger charge is -2.15. The molecule has 3 aromatic rings. The number of ketones is 1. The summed E-state index contributed by atoms with van der Waals surface area (Å²) in [5.74, 6) is 0.787. The van der Waals surface area contributed by atoms with E-state index >= 15 is 0 Å². The lowest BCUT2D eigenvalue weighted by Crippen LogP contribution is -2.08. The standard InChI is InChI=1S/C23H26N4O2S/c1-16-14-20(17(2)27(16)13-10-18-6-4-3-5-7-18)21(28)15-30-23-26-25-22(29-23)19-8-11-24-12-9-19/h6,8-9,11-12,14H,3-5,7,10,13,15H2,1-2H3. The Morgan fingerprint density at radius 3 is 2.80 bits per heavy atom. The fourth-order valence-corrected chi connectivity index (χ4v) is 4.55. The molecule has 0 amide bonds. The Morgan fingerprint density at radius 2 is 2.03 bits per heavy atom. The first-order valence-electron chi connectivity index (χ1n) is 10.4. The van der Waals surface area contributed by atoms with Crippen molar-refractivity contribution in [2.24, 2.45) is 0 Å². The number of nitrogens with zero attached hydrogens (tertiary/aromatic N) is 4. The van der Waals surface area contributed by atoms with E-state index in [0.717, 1.165) is 35.5 Å². The third-order valence-corrected chi connectivity index (χ3v) is 6.39. The maximum atomic E-state index is 12.8. The number of carbonyl (C=O) groups excluding carboxylic acids is 1. The van der Waals surface area contributed by atoms with Crippen molar-refractivity contribution in [2.45, 2.75) is 57.7 Å². The molecule has 3 aromatic heterocycles. The lowest BCUT2D eigenvalue weighted by molar-refractivity contribution is 0.102. The van der Waals surface area contributed by atoms with E-state index in [0.29, 0.717) is 11.1 Å². The number of aryl methyl sites for hydroxylation is 1. The highest BCUT2D eigenvalue weighted by atomic mass is 32.2. The van der Waals surface area contributed by atoms with Gasteiger partial charge in [0.15, 0.2) is 5.78 Å². The molecule has 3 heterocycles. The van der Waals surface area contributed by atoms with Crippen molar-refractivity contribution < 1.29 is 9.21 Å². The molecular formula is C23H26N4O2S. The number of carbonyl (C=O) groups is 1. The summed E-state index contributed by atoms with van der Waals surface area (Å²) in [5.41, 5.74) is 5.32. The van der Waals surface area contributed by atoms with E-state index in [1.165, 1.54) is 37.4 Å². The molecule has 0 saturated carbocycles. The molecule has 0 radical (unpaired) electrons. The predicted octanol–water partition coefficient (Wildman–Crippen LogP) is 5.42. The molecule has 30 heavy (non-hydrogen) atoms. The van der Waals surface area contributed by atoms with Crippen molar-refractivity contribution in [3.05, 3.63) is 59.2 Å². The van der Waals surface area contributed by atoms with Gasteiger partial charge >= 0.3 is 0 Å². The van der Waals surface area contributed by atoms with Crippen LogP contribution in [0.4, 0.5) is 0 Å². The quantitative estimate of drug-likeness (QED) is 0.274. The van der Waals surface area contributed by atoms with Crippen LogP contribution in [-0.2, 0) is 6.54 Å². The molecule has 1 aliphatic carbocycles. The number of pyridine rings is 1. The molecule has 0 saturated heterocycles. The predicted molar refractivity (Wildman–Crippen MR) is 118 cm³/mol. The van der Waals surface area contributed by atoms with Crippen LogP contribution in [0.1, 0.15) is 53.8 Å². The van der Waals surface area contributed by atoms with Gasteiger partial charge in [0.2, 0.25) is 5.89 Å². The monoisotopic (exact) mass is 422 g/mol. The van der Waals surface area contributed by atoms with Gasteiger partial charge in [-0.1, -0.05) is 23.4 Å². The average molecular weight is 423 g/mol. The van der Waals surface area contributed by atoms with Crippen LogP contribution < -0.4 is 0 Å². The highest BCUT2D eigenvalue weighted by molar-refractivity contribution is 7.99. The summed E-state index contributed by atoms with van der Waals surface area (Å²) in [4.78, 5) is 16.8. The van der Waals surface area contributed by atoms with Gasteiger partial charge in [-0.15, -0.1) is 10.2 Å². The molecule has 0 unspecified atom stereocenters. The van der Waals surface area contributed by atoms with Gasteiger partial charge in [-0.3, -0.25) is 9.78 Å². The minimum absolute atomic E-state index is 0.0832. The molecule has 4 rings (SSSR count). The Hall–Kier alpha value is -2.67. The number of allylic oxidation sites excluding steroid dienone is 2. The van der Waals surface area contributed by atoms with Gasteiger partial charge in [-0.2, -0.15) is 0 Å². The first-order chi connectivity index (χ1) is 14.6. The van der Waals surface area contributed by atoms with E-state index in [2.05, 4.69) is 32.7 Å². The van der Waals surface area contributed by atoms with Gasteiger partial charge in [0.25, 0.3) is 5.22 Å². The third kappa shape index (κ3) is 4.73. The molecule has 0 fully saturated rings. The van der Waals surface area contributed by atoms with Gasteiger partial charge in [0.05, 0.1) is 5.75 Å². The number of Topliss-reactive ketones (excluding diaryl/α,β-unsaturated/α-hetero) is 1. The minimum Gasteiger partial charge on any atom is -0.411 e. The van der Waals surface area contributed by atoms with Gasteiger partial charge < -0.3 is 8.98 Å². The van der Waals surface area contributed by atoms with E-state index in [-0.39, 0.29) is 11.5 Å². The SMILES string of the molecule is Cc1cc(C(=O)CSc2nnc(-c3ccncc3)o2)c(C)n1CCC1=CCCCC1. The lowest BCUT2D eigenvalue weighted by atomic mass is 9.97. The summed E-state index contributed by atoms with van der Waals surface area (Å²) < 4.78 is 7.94. The van der Waals surface area contributed by atoms with Crippen LogP contribution in [-0.4, -0.2) is 31.3 Å². The zero-order chi connectivity index (χ0) is 20.9. The topological polar surface area (TPSA) is 73.8 Å². The van der Waals surface area contributed by atoms with E-state index < -0.39 is 0 Å². The number of thioether (sulfide) groups is 1. The zero-order valence-electron chi connectivity index (χ0n) is 17.4. The molecule has 0 bridgehead atoms. The van der Waals surface area contributed by atoms with Crippen molar-refractivity contribution in [3.63, 3.8) is 0 Å². The first-order valence-corrected chi connectivity index (χ1v) is 11.3. The van der Waals surface area contributed by atoms with Crippen LogP contribution in [0.2, 0.25) is 0 Å².